The Bertz CT molecular complexity index is 1390. The van der Waals surface area contributed by atoms with E-state index in [0.29, 0.717) is 5.58 Å². The van der Waals surface area contributed by atoms with Gasteiger partial charge in [-0.05, 0) is 55.0 Å². The fraction of sp³-hybridized carbons (Fsp3) is 0.0417. The van der Waals surface area contributed by atoms with Crippen molar-refractivity contribution < 1.29 is 9.21 Å². The molecule has 5 rings (SSSR count). The van der Waals surface area contributed by atoms with Crippen LogP contribution in [0.15, 0.2) is 77.2 Å². The first-order valence-electron chi connectivity index (χ1n) is 9.65. The van der Waals surface area contributed by atoms with E-state index < -0.39 is 5.91 Å². The highest BCUT2D eigenvalue weighted by Gasteiger charge is 2.15. The number of rotatable bonds is 3. The summed E-state index contributed by atoms with van der Waals surface area (Å²) < 4.78 is 6.75. The van der Waals surface area contributed by atoms with Crippen molar-refractivity contribution in [3.8, 4) is 10.6 Å². The average Bonchev–Trinajstić information content (AvgIpc) is 3.39. The molecule has 0 fully saturated rings. The largest absolute Gasteiger partial charge is 0.451 e. The van der Waals surface area contributed by atoms with Crippen LogP contribution in [0.5, 0.6) is 0 Å². The number of hydrogen-bond donors (Lipinski definition) is 2. The molecule has 2 aromatic heterocycles. The normalized spacial score (nSPS) is 11.0. The molecular weight excluding hydrogens is 426 g/mol. The lowest BCUT2D eigenvalue weighted by Gasteiger charge is -2.13. The molecule has 0 spiro atoms. The van der Waals surface area contributed by atoms with Gasteiger partial charge in [0.2, 0.25) is 0 Å². The zero-order valence-corrected chi connectivity index (χ0v) is 18.1. The number of amides is 1. The van der Waals surface area contributed by atoms with Gasteiger partial charge in [-0.15, -0.1) is 11.3 Å². The number of carbonyl (C=O) groups excluding carboxylic acids is 1. The number of aromatic nitrogens is 1. The van der Waals surface area contributed by atoms with E-state index in [2.05, 4.69) is 16.7 Å². The average molecular weight is 444 g/mol. The molecule has 0 aliphatic carbocycles. The van der Waals surface area contributed by atoms with Crippen molar-refractivity contribution in [3.63, 3.8) is 0 Å². The number of anilines is 1. The zero-order valence-electron chi connectivity index (χ0n) is 16.5. The number of nitrogens with zero attached hydrogens (tertiary/aromatic N) is 1. The lowest BCUT2D eigenvalue weighted by molar-refractivity contribution is 0.0953. The summed E-state index contributed by atoms with van der Waals surface area (Å²) in [7, 11) is 0. The number of benzene rings is 3. The number of hydrogen-bond acceptors (Lipinski definition) is 5. The molecule has 0 aliphatic heterocycles. The van der Waals surface area contributed by atoms with E-state index in [1.165, 1.54) is 0 Å². The Labute approximate surface area is 187 Å². The minimum atomic E-state index is -0.395. The molecule has 0 saturated carbocycles. The third-order valence-electron chi connectivity index (χ3n) is 4.98. The summed E-state index contributed by atoms with van der Waals surface area (Å²) in [6.45, 7) is 2.01. The van der Waals surface area contributed by atoms with Crippen LogP contribution in [0.25, 0.3) is 31.8 Å². The van der Waals surface area contributed by atoms with E-state index in [4.69, 9.17) is 21.6 Å². The van der Waals surface area contributed by atoms with Gasteiger partial charge in [0.05, 0.1) is 10.2 Å². The second-order valence-corrected chi connectivity index (χ2v) is 8.46. The van der Waals surface area contributed by atoms with Crippen LogP contribution < -0.4 is 10.6 Å². The van der Waals surface area contributed by atoms with Gasteiger partial charge in [0.15, 0.2) is 10.9 Å². The van der Waals surface area contributed by atoms with Gasteiger partial charge in [-0.1, -0.05) is 42.5 Å². The van der Waals surface area contributed by atoms with Crippen LogP contribution >= 0.6 is 23.6 Å². The molecular formula is C24H17N3O2S2. The number of thiocarbonyl (C=S) groups is 1. The number of carbonyl (C=O) groups is 1. The topological polar surface area (TPSA) is 67.2 Å². The first-order valence-corrected chi connectivity index (χ1v) is 10.9. The smallest absolute Gasteiger partial charge is 0.293 e. The molecule has 1 amide bonds. The highest BCUT2D eigenvalue weighted by molar-refractivity contribution is 7.80. The second kappa shape index (κ2) is 7.94. The summed E-state index contributed by atoms with van der Waals surface area (Å²) >= 11 is 7.02. The standard InChI is InChI=1S/C24H17N3O2S2/c1-14-16(23-25-18-9-3-5-12-21(18)31-23)8-6-10-17(14)26-24(30)27-22(28)20-13-15-7-2-4-11-19(15)29-20/h2-13H,1H3,(H2,26,27,28,30). The molecule has 0 unspecified atom stereocenters. The summed E-state index contributed by atoms with van der Waals surface area (Å²) in [6.07, 6.45) is 0. The first kappa shape index (κ1) is 19.4. The van der Waals surface area contributed by atoms with Crippen LogP contribution in [-0.4, -0.2) is 16.0 Å². The van der Waals surface area contributed by atoms with Gasteiger partial charge in [0.1, 0.15) is 10.6 Å². The molecule has 3 aromatic carbocycles. The summed E-state index contributed by atoms with van der Waals surface area (Å²) in [4.78, 5) is 17.3. The monoisotopic (exact) mass is 443 g/mol. The van der Waals surface area contributed by atoms with Gasteiger partial charge in [0, 0.05) is 16.6 Å². The minimum Gasteiger partial charge on any atom is -0.451 e. The molecule has 0 atom stereocenters. The number of thiazole rings is 1. The molecule has 152 valence electrons. The van der Waals surface area contributed by atoms with E-state index in [9.17, 15) is 4.79 Å². The van der Waals surface area contributed by atoms with Gasteiger partial charge in [-0.2, -0.15) is 0 Å². The summed E-state index contributed by atoms with van der Waals surface area (Å²) in [5.41, 5.74) is 4.48. The van der Waals surface area contributed by atoms with Crippen molar-refractivity contribution in [2.45, 2.75) is 6.92 Å². The molecule has 2 N–H and O–H groups in total. The quantitative estimate of drug-likeness (QED) is 0.328. The molecule has 2 heterocycles. The molecule has 5 aromatic rings. The Morgan fingerprint density at radius 2 is 1.84 bits per heavy atom. The van der Waals surface area contributed by atoms with Crippen LogP contribution in [-0.2, 0) is 0 Å². The number of para-hydroxylation sites is 2. The van der Waals surface area contributed by atoms with Gasteiger partial charge in [0.25, 0.3) is 5.91 Å². The lowest BCUT2D eigenvalue weighted by atomic mass is 10.1. The maximum absolute atomic E-state index is 12.5. The first-order chi connectivity index (χ1) is 15.1. The fourth-order valence-electron chi connectivity index (χ4n) is 3.40. The van der Waals surface area contributed by atoms with E-state index in [1.807, 2.05) is 67.6 Å². The van der Waals surface area contributed by atoms with Crippen molar-refractivity contribution in [3.05, 3.63) is 84.1 Å². The van der Waals surface area contributed by atoms with Crippen molar-refractivity contribution >= 4 is 61.4 Å². The number of fused-ring (bicyclic) bond motifs is 2. The van der Waals surface area contributed by atoms with E-state index in [-0.39, 0.29) is 10.9 Å². The molecule has 0 aliphatic rings. The van der Waals surface area contributed by atoms with Gasteiger partial charge in [-0.25, -0.2) is 4.98 Å². The second-order valence-electron chi connectivity index (χ2n) is 7.02. The van der Waals surface area contributed by atoms with Crippen molar-refractivity contribution in [1.82, 2.24) is 10.3 Å². The minimum absolute atomic E-state index is 0.204. The molecule has 0 bridgehead atoms. The summed E-state index contributed by atoms with van der Waals surface area (Å²) in [5.74, 6) is -0.182. The van der Waals surface area contributed by atoms with Crippen molar-refractivity contribution in [1.29, 1.82) is 0 Å². The third kappa shape index (κ3) is 3.81. The van der Waals surface area contributed by atoms with E-state index in [1.54, 1.807) is 17.4 Å². The SMILES string of the molecule is Cc1c(NC(=S)NC(=O)c2cc3ccccc3o2)cccc1-c1nc2ccccc2s1. The lowest BCUT2D eigenvalue weighted by Crippen LogP contribution is -2.34. The Hall–Kier alpha value is -3.55. The Kier molecular flexibility index (Phi) is 4.97. The third-order valence-corrected chi connectivity index (χ3v) is 6.26. The number of furan rings is 1. The Morgan fingerprint density at radius 3 is 2.68 bits per heavy atom. The van der Waals surface area contributed by atoms with Crippen molar-refractivity contribution in [2.24, 2.45) is 0 Å². The van der Waals surface area contributed by atoms with Crippen LogP contribution in [0.2, 0.25) is 0 Å². The predicted octanol–water partition coefficient (Wildman–Crippen LogP) is 6.14. The zero-order chi connectivity index (χ0) is 21.4. The Balaban J connectivity index is 1.35. The fourth-order valence-corrected chi connectivity index (χ4v) is 4.65. The van der Waals surface area contributed by atoms with Crippen LogP contribution in [0.4, 0.5) is 5.69 Å². The van der Waals surface area contributed by atoms with Crippen LogP contribution in [0.3, 0.4) is 0 Å². The van der Waals surface area contributed by atoms with E-state index in [0.717, 1.165) is 37.4 Å². The maximum Gasteiger partial charge on any atom is 0.293 e. The maximum atomic E-state index is 12.5. The van der Waals surface area contributed by atoms with Gasteiger partial charge in [-0.3, -0.25) is 10.1 Å². The van der Waals surface area contributed by atoms with Crippen LogP contribution in [0, 0.1) is 6.92 Å². The Morgan fingerprint density at radius 1 is 1.03 bits per heavy atom. The van der Waals surface area contributed by atoms with Crippen LogP contribution in [0.1, 0.15) is 16.1 Å². The molecule has 5 nitrogen and oxygen atoms in total. The van der Waals surface area contributed by atoms with Crippen molar-refractivity contribution in [2.75, 3.05) is 5.32 Å². The van der Waals surface area contributed by atoms with Gasteiger partial charge < -0.3 is 9.73 Å². The predicted molar refractivity (Wildman–Crippen MR) is 130 cm³/mol. The van der Waals surface area contributed by atoms with Gasteiger partial charge >= 0.3 is 0 Å². The number of nitrogens with one attached hydrogen (secondary N) is 2. The molecule has 0 radical (unpaired) electrons. The summed E-state index contributed by atoms with van der Waals surface area (Å²) in [5, 5.41) is 7.83. The molecule has 7 heteroatoms. The molecule has 31 heavy (non-hydrogen) atoms. The summed E-state index contributed by atoms with van der Waals surface area (Å²) in [6, 6.07) is 23.1. The highest BCUT2D eigenvalue weighted by Crippen LogP contribution is 2.34. The molecule has 0 saturated heterocycles. The highest BCUT2D eigenvalue weighted by atomic mass is 32.1. The van der Waals surface area contributed by atoms with E-state index >= 15 is 0 Å².